The molecule has 0 aliphatic rings. The summed E-state index contributed by atoms with van der Waals surface area (Å²) in [5.74, 6) is -1.61. The van der Waals surface area contributed by atoms with Crippen LogP contribution in [0.25, 0.3) is 0 Å². The van der Waals surface area contributed by atoms with E-state index in [-0.39, 0.29) is 16.2 Å². The number of nitrogens with zero attached hydrogens (tertiary/aromatic N) is 1. The van der Waals surface area contributed by atoms with Crippen molar-refractivity contribution in [3.8, 4) is 0 Å². The molecule has 0 fully saturated rings. The van der Waals surface area contributed by atoms with Gasteiger partial charge in [0.05, 0.1) is 21.8 Å². The summed E-state index contributed by atoms with van der Waals surface area (Å²) in [5, 5.41) is 2.53. The standard InChI is InChI=1S/C24H22N2O6S/c1-17(27)21-10-6-7-11-22(21)25-23(28)16-32-24(29)18-12-14-20(15-13-18)33(30,31)26(2)19-8-4-3-5-9-19/h3-15H,16H2,1-2H3,(H,25,28). The maximum absolute atomic E-state index is 12.8. The average Bonchev–Trinajstić information content (AvgIpc) is 2.82. The second-order valence-corrected chi connectivity index (χ2v) is 9.03. The Morgan fingerprint density at radius 2 is 1.48 bits per heavy atom. The minimum Gasteiger partial charge on any atom is -0.452 e. The normalized spacial score (nSPS) is 10.8. The van der Waals surface area contributed by atoms with Gasteiger partial charge >= 0.3 is 5.97 Å². The number of esters is 1. The van der Waals surface area contributed by atoms with Gasteiger partial charge in [-0.3, -0.25) is 13.9 Å². The molecule has 9 heteroatoms. The van der Waals surface area contributed by atoms with E-state index in [0.717, 1.165) is 4.31 Å². The first-order chi connectivity index (χ1) is 15.7. The lowest BCUT2D eigenvalue weighted by molar-refractivity contribution is -0.119. The third kappa shape index (κ3) is 5.64. The first kappa shape index (κ1) is 23.7. The summed E-state index contributed by atoms with van der Waals surface area (Å²) in [6, 6.07) is 20.3. The Morgan fingerprint density at radius 3 is 2.12 bits per heavy atom. The lowest BCUT2D eigenvalue weighted by Crippen LogP contribution is -2.26. The van der Waals surface area contributed by atoms with Gasteiger partial charge in [0.15, 0.2) is 12.4 Å². The van der Waals surface area contributed by atoms with E-state index in [1.807, 2.05) is 0 Å². The molecule has 0 atom stereocenters. The van der Waals surface area contributed by atoms with Gasteiger partial charge in [-0.25, -0.2) is 13.2 Å². The average molecular weight is 467 g/mol. The zero-order valence-corrected chi connectivity index (χ0v) is 18.8. The van der Waals surface area contributed by atoms with Crippen molar-refractivity contribution in [2.75, 3.05) is 23.3 Å². The maximum Gasteiger partial charge on any atom is 0.338 e. The van der Waals surface area contributed by atoms with Gasteiger partial charge < -0.3 is 10.1 Å². The number of hydrogen-bond acceptors (Lipinski definition) is 6. The SMILES string of the molecule is CC(=O)c1ccccc1NC(=O)COC(=O)c1ccc(S(=O)(=O)N(C)c2ccccc2)cc1. The van der Waals surface area contributed by atoms with Crippen LogP contribution in [0.1, 0.15) is 27.6 Å². The van der Waals surface area contributed by atoms with Crippen LogP contribution in [0, 0.1) is 0 Å². The van der Waals surface area contributed by atoms with Crippen molar-refractivity contribution >= 4 is 39.1 Å². The van der Waals surface area contributed by atoms with E-state index in [9.17, 15) is 22.8 Å². The molecule has 0 radical (unpaired) electrons. The number of sulfonamides is 1. The van der Waals surface area contributed by atoms with E-state index in [4.69, 9.17) is 4.74 Å². The van der Waals surface area contributed by atoms with Crippen molar-refractivity contribution in [1.29, 1.82) is 0 Å². The third-order valence-electron chi connectivity index (χ3n) is 4.78. The van der Waals surface area contributed by atoms with Gasteiger partial charge in [0.2, 0.25) is 0 Å². The van der Waals surface area contributed by atoms with E-state index in [2.05, 4.69) is 5.32 Å². The highest BCUT2D eigenvalue weighted by molar-refractivity contribution is 7.92. The molecule has 170 valence electrons. The van der Waals surface area contributed by atoms with E-state index in [1.165, 1.54) is 38.2 Å². The topological polar surface area (TPSA) is 110 Å². The molecule has 0 aromatic heterocycles. The Morgan fingerprint density at radius 1 is 0.879 bits per heavy atom. The van der Waals surface area contributed by atoms with Crippen molar-refractivity contribution in [2.24, 2.45) is 0 Å². The maximum atomic E-state index is 12.8. The fourth-order valence-electron chi connectivity index (χ4n) is 3.00. The van der Waals surface area contributed by atoms with Gasteiger partial charge in [0.1, 0.15) is 0 Å². The molecule has 0 aliphatic heterocycles. The summed E-state index contributed by atoms with van der Waals surface area (Å²) in [5.41, 5.74) is 1.25. The van der Waals surface area contributed by atoms with Crippen molar-refractivity contribution in [2.45, 2.75) is 11.8 Å². The minimum absolute atomic E-state index is 0.00369. The first-order valence-electron chi connectivity index (χ1n) is 9.91. The number of ketones is 1. The quantitative estimate of drug-likeness (QED) is 0.402. The smallest absolute Gasteiger partial charge is 0.338 e. The van der Waals surface area contributed by atoms with Crippen LogP contribution in [0.3, 0.4) is 0 Å². The molecule has 3 aromatic rings. The van der Waals surface area contributed by atoms with Crippen LogP contribution in [-0.4, -0.2) is 39.7 Å². The Bertz CT molecular complexity index is 1270. The van der Waals surface area contributed by atoms with Gasteiger partial charge in [0.25, 0.3) is 15.9 Å². The zero-order valence-electron chi connectivity index (χ0n) is 18.0. The molecule has 0 saturated heterocycles. The van der Waals surface area contributed by atoms with Crippen molar-refractivity contribution in [3.05, 3.63) is 90.0 Å². The Hall–Kier alpha value is -3.98. The second kappa shape index (κ2) is 10.1. The first-order valence-corrected chi connectivity index (χ1v) is 11.3. The number of nitrogens with one attached hydrogen (secondary N) is 1. The van der Waals surface area contributed by atoms with Gasteiger partial charge in [0, 0.05) is 12.6 Å². The number of hydrogen-bond donors (Lipinski definition) is 1. The number of ether oxygens (including phenoxy) is 1. The molecule has 0 heterocycles. The fraction of sp³-hybridized carbons (Fsp3) is 0.125. The largest absolute Gasteiger partial charge is 0.452 e. The summed E-state index contributed by atoms with van der Waals surface area (Å²) < 4.78 is 31.8. The Kier molecular flexibility index (Phi) is 7.24. The molecular formula is C24H22N2O6S. The number of carbonyl (C=O) groups is 3. The minimum atomic E-state index is -3.82. The zero-order chi connectivity index (χ0) is 24.0. The summed E-state index contributed by atoms with van der Waals surface area (Å²) in [6.07, 6.45) is 0. The molecule has 1 amide bonds. The molecule has 0 saturated carbocycles. The van der Waals surface area contributed by atoms with Gasteiger partial charge in [-0.1, -0.05) is 30.3 Å². The second-order valence-electron chi connectivity index (χ2n) is 7.06. The molecule has 3 rings (SSSR count). The van der Waals surface area contributed by atoms with Crippen LogP contribution < -0.4 is 9.62 Å². The number of Topliss-reactive ketones (excluding diaryl/α,β-unsaturated/α-hetero) is 1. The lowest BCUT2D eigenvalue weighted by atomic mass is 10.1. The van der Waals surface area contributed by atoms with Gasteiger partial charge in [-0.2, -0.15) is 0 Å². The summed E-state index contributed by atoms with van der Waals surface area (Å²) >= 11 is 0. The molecule has 0 spiro atoms. The van der Waals surface area contributed by atoms with Crippen LogP contribution in [-0.2, 0) is 19.6 Å². The highest BCUT2D eigenvalue weighted by Gasteiger charge is 2.22. The molecule has 8 nitrogen and oxygen atoms in total. The Labute approximate surface area is 191 Å². The van der Waals surface area contributed by atoms with E-state index < -0.39 is 28.5 Å². The predicted octanol–water partition coefficient (Wildman–Crippen LogP) is 3.51. The number of benzene rings is 3. The van der Waals surface area contributed by atoms with Crippen molar-refractivity contribution in [1.82, 2.24) is 0 Å². The van der Waals surface area contributed by atoms with Crippen LogP contribution in [0.5, 0.6) is 0 Å². The van der Waals surface area contributed by atoms with Crippen LogP contribution in [0.4, 0.5) is 11.4 Å². The van der Waals surface area contributed by atoms with Gasteiger partial charge in [-0.05, 0) is 55.5 Å². The number of amides is 1. The predicted molar refractivity (Wildman–Crippen MR) is 124 cm³/mol. The molecule has 0 aliphatic carbocycles. The summed E-state index contributed by atoms with van der Waals surface area (Å²) in [4.78, 5) is 36.1. The number of para-hydroxylation sites is 2. The van der Waals surface area contributed by atoms with E-state index in [1.54, 1.807) is 54.6 Å². The van der Waals surface area contributed by atoms with Crippen molar-refractivity contribution in [3.63, 3.8) is 0 Å². The van der Waals surface area contributed by atoms with Crippen LogP contribution in [0.2, 0.25) is 0 Å². The lowest BCUT2D eigenvalue weighted by Gasteiger charge is -2.19. The van der Waals surface area contributed by atoms with E-state index >= 15 is 0 Å². The van der Waals surface area contributed by atoms with E-state index in [0.29, 0.717) is 16.9 Å². The molecule has 0 bridgehead atoms. The number of carbonyl (C=O) groups excluding carboxylic acids is 3. The fourth-order valence-corrected chi connectivity index (χ4v) is 4.19. The molecular weight excluding hydrogens is 444 g/mol. The van der Waals surface area contributed by atoms with Crippen LogP contribution >= 0.6 is 0 Å². The number of rotatable bonds is 8. The summed E-state index contributed by atoms with van der Waals surface area (Å²) in [7, 11) is -2.38. The molecule has 3 aromatic carbocycles. The highest BCUT2D eigenvalue weighted by atomic mass is 32.2. The van der Waals surface area contributed by atoms with Gasteiger partial charge in [-0.15, -0.1) is 0 Å². The summed E-state index contributed by atoms with van der Waals surface area (Å²) in [6.45, 7) is 0.814. The number of anilines is 2. The molecule has 33 heavy (non-hydrogen) atoms. The third-order valence-corrected chi connectivity index (χ3v) is 6.58. The highest BCUT2D eigenvalue weighted by Crippen LogP contribution is 2.22. The van der Waals surface area contributed by atoms with Crippen LogP contribution in [0.15, 0.2) is 83.8 Å². The Balaban J connectivity index is 1.63. The monoisotopic (exact) mass is 466 g/mol. The molecule has 0 unspecified atom stereocenters. The molecule has 1 N–H and O–H groups in total. The van der Waals surface area contributed by atoms with Crippen molar-refractivity contribution < 1.29 is 27.5 Å².